The summed E-state index contributed by atoms with van der Waals surface area (Å²) in [4.78, 5) is 14.5. The Morgan fingerprint density at radius 2 is 2.11 bits per heavy atom. The zero-order chi connectivity index (χ0) is 19.2. The lowest BCUT2D eigenvalue weighted by Gasteiger charge is -2.17. The molecule has 144 valence electrons. The van der Waals surface area contributed by atoms with Gasteiger partial charge in [-0.05, 0) is 31.5 Å². The number of hydrogen-bond donors (Lipinski definition) is 1. The Hall–Kier alpha value is -2.54. The Morgan fingerprint density at radius 3 is 2.89 bits per heavy atom. The summed E-state index contributed by atoms with van der Waals surface area (Å²) < 4.78 is 15.3. The van der Waals surface area contributed by atoms with Crippen LogP contribution in [-0.2, 0) is 30.7 Å². The van der Waals surface area contributed by atoms with Crippen molar-refractivity contribution in [3.63, 3.8) is 0 Å². The van der Waals surface area contributed by atoms with Crippen molar-refractivity contribution in [2.75, 3.05) is 19.6 Å². The molecule has 0 spiro atoms. The molecule has 0 atom stereocenters. The van der Waals surface area contributed by atoms with Gasteiger partial charge in [0.2, 0.25) is 5.91 Å². The highest BCUT2D eigenvalue weighted by atomic mass is 19.1. The average Bonchev–Trinajstić information content (AvgIpc) is 2.89. The first-order valence-corrected chi connectivity index (χ1v) is 9.29. The maximum absolute atomic E-state index is 13.2. The van der Waals surface area contributed by atoms with Gasteiger partial charge >= 0.3 is 0 Å². The third-order valence-electron chi connectivity index (χ3n) is 4.65. The number of carbonyl (C=O) groups excluding carboxylic acids is 1. The topological polar surface area (TPSA) is 63.1 Å². The van der Waals surface area contributed by atoms with Crippen LogP contribution < -0.4 is 5.32 Å². The van der Waals surface area contributed by atoms with Gasteiger partial charge in [-0.25, -0.2) is 4.39 Å². The summed E-state index contributed by atoms with van der Waals surface area (Å²) in [7, 11) is 0. The van der Waals surface area contributed by atoms with E-state index in [0.717, 1.165) is 44.2 Å². The van der Waals surface area contributed by atoms with Crippen LogP contribution in [0.15, 0.2) is 35.9 Å². The average molecular weight is 371 g/mol. The van der Waals surface area contributed by atoms with Gasteiger partial charge < -0.3 is 9.88 Å². The van der Waals surface area contributed by atoms with E-state index in [1.165, 1.54) is 17.7 Å². The van der Waals surface area contributed by atoms with E-state index in [1.54, 1.807) is 12.1 Å². The molecule has 0 unspecified atom stereocenters. The van der Waals surface area contributed by atoms with Crippen LogP contribution in [-0.4, -0.2) is 45.2 Å². The predicted molar refractivity (Wildman–Crippen MR) is 102 cm³/mol. The molecule has 1 N–H and O–H groups in total. The Kier molecular flexibility index (Phi) is 6.34. The van der Waals surface area contributed by atoms with Gasteiger partial charge in [-0.2, -0.15) is 0 Å². The molecule has 0 bridgehead atoms. The highest BCUT2D eigenvalue weighted by Crippen LogP contribution is 2.10. The lowest BCUT2D eigenvalue weighted by atomic mass is 10.1. The molecule has 2 heterocycles. The molecule has 1 aliphatic rings. The van der Waals surface area contributed by atoms with Gasteiger partial charge in [-0.1, -0.05) is 23.8 Å². The normalized spacial score (nSPS) is 14.3. The molecule has 1 aliphatic heterocycles. The molecule has 1 aromatic carbocycles. The van der Waals surface area contributed by atoms with Crippen LogP contribution in [0.2, 0.25) is 0 Å². The van der Waals surface area contributed by atoms with E-state index >= 15 is 0 Å². The van der Waals surface area contributed by atoms with Crippen LogP contribution in [0.25, 0.3) is 0 Å². The molecule has 0 saturated heterocycles. The van der Waals surface area contributed by atoms with Crippen LogP contribution in [0.1, 0.15) is 31.1 Å². The molecule has 1 amide bonds. The highest BCUT2D eigenvalue weighted by Gasteiger charge is 2.18. The molecular weight excluding hydrogens is 345 g/mol. The summed E-state index contributed by atoms with van der Waals surface area (Å²) in [6.45, 7) is 8.19. The summed E-state index contributed by atoms with van der Waals surface area (Å²) in [5, 5.41) is 11.4. The van der Waals surface area contributed by atoms with E-state index in [9.17, 15) is 9.18 Å². The van der Waals surface area contributed by atoms with Crippen molar-refractivity contribution in [1.82, 2.24) is 25.0 Å². The molecular formula is C20H26FN5O. The van der Waals surface area contributed by atoms with Crippen molar-refractivity contribution in [1.29, 1.82) is 0 Å². The summed E-state index contributed by atoms with van der Waals surface area (Å²) in [5.41, 5.74) is 1.97. The number of halogens is 1. The SMILES string of the molecule is CC(C)=CCN1CCc2nnc(CNC(=O)Cc3cccc(F)c3)n2CC1. The lowest BCUT2D eigenvalue weighted by Crippen LogP contribution is -2.29. The first-order chi connectivity index (χ1) is 13.0. The van der Waals surface area contributed by atoms with E-state index in [-0.39, 0.29) is 18.1 Å². The monoisotopic (exact) mass is 371 g/mol. The van der Waals surface area contributed by atoms with E-state index in [2.05, 4.69) is 44.9 Å². The standard InChI is InChI=1S/C20H26FN5O/c1-15(2)6-8-25-9-7-18-23-24-19(26(18)11-10-25)14-22-20(27)13-16-4-3-5-17(21)12-16/h3-6,12H,7-11,13-14H2,1-2H3,(H,22,27). The zero-order valence-electron chi connectivity index (χ0n) is 15.9. The summed E-state index contributed by atoms with van der Waals surface area (Å²) in [5.74, 6) is 1.24. The summed E-state index contributed by atoms with van der Waals surface area (Å²) >= 11 is 0. The maximum Gasteiger partial charge on any atom is 0.224 e. The number of carbonyl (C=O) groups is 1. The van der Waals surface area contributed by atoms with E-state index in [4.69, 9.17) is 0 Å². The number of hydrogen-bond acceptors (Lipinski definition) is 4. The van der Waals surface area contributed by atoms with Crippen molar-refractivity contribution in [2.24, 2.45) is 0 Å². The van der Waals surface area contributed by atoms with E-state index < -0.39 is 0 Å². The van der Waals surface area contributed by atoms with Crippen LogP contribution in [0.5, 0.6) is 0 Å². The van der Waals surface area contributed by atoms with Gasteiger partial charge in [-0.3, -0.25) is 9.69 Å². The molecule has 0 radical (unpaired) electrons. The second-order valence-corrected chi connectivity index (χ2v) is 7.10. The number of fused-ring (bicyclic) bond motifs is 1. The summed E-state index contributed by atoms with van der Waals surface area (Å²) in [6, 6.07) is 6.10. The van der Waals surface area contributed by atoms with Gasteiger partial charge in [0, 0.05) is 32.6 Å². The molecule has 3 rings (SSSR count). The number of allylic oxidation sites excluding steroid dienone is 1. The maximum atomic E-state index is 13.2. The molecule has 27 heavy (non-hydrogen) atoms. The fourth-order valence-corrected chi connectivity index (χ4v) is 3.12. The van der Waals surface area contributed by atoms with Crippen molar-refractivity contribution in [3.05, 3.63) is 58.9 Å². The quantitative estimate of drug-likeness (QED) is 0.790. The third-order valence-corrected chi connectivity index (χ3v) is 4.65. The largest absolute Gasteiger partial charge is 0.349 e. The Labute approximate surface area is 159 Å². The minimum absolute atomic E-state index is 0.148. The van der Waals surface area contributed by atoms with Gasteiger partial charge in [-0.15, -0.1) is 10.2 Å². The Morgan fingerprint density at radius 1 is 1.26 bits per heavy atom. The minimum atomic E-state index is -0.333. The van der Waals surface area contributed by atoms with Gasteiger partial charge in [0.1, 0.15) is 11.6 Å². The van der Waals surface area contributed by atoms with Crippen molar-refractivity contribution >= 4 is 5.91 Å². The highest BCUT2D eigenvalue weighted by molar-refractivity contribution is 5.78. The van der Waals surface area contributed by atoms with Crippen molar-refractivity contribution in [2.45, 2.75) is 39.8 Å². The second kappa shape index (κ2) is 8.90. The van der Waals surface area contributed by atoms with Crippen LogP contribution >= 0.6 is 0 Å². The van der Waals surface area contributed by atoms with Gasteiger partial charge in [0.25, 0.3) is 0 Å². The fourth-order valence-electron chi connectivity index (χ4n) is 3.12. The first-order valence-electron chi connectivity index (χ1n) is 9.29. The van der Waals surface area contributed by atoms with Crippen LogP contribution in [0.3, 0.4) is 0 Å². The number of rotatable bonds is 6. The zero-order valence-corrected chi connectivity index (χ0v) is 15.9. The van der Waals surface area contributed by atoms with Crippen molar-refractivity contribution in [3.8, 4) is 0 Å². The molecule has 0 saturated carbocycles. The number of nitrogens with one attached hydrogen (secondary N) is 1. The van der Waals surface area contributed by atoms with Crippen LogP contribution in [0, 0.1) is 5.82 Å². The van der Waals surface area contributed by atoms with Crippen molar-refractivity contribution < 1.29 is 9.18 Å². The van der Waals surface area contributed by atoms with E-state index in [0.29, 0.717) is 12.1 Å². The molecule has 0 aliphatic carbocycles. The lowest BCUT2D eigenvalue weighted by molar-refractivity contribution is -0.120. The van der Waals surface area contributed by atoms with E-state index in [1.807, 2.05) is 0 Å². The second-order valence-electron chi connectivity index (χ2n) is 7.10. The first kappa shape index (κ1) is 19.2. The minimum Gasteiger partial charge on any atom is -0.349 e. The fraction of sp³-hybridized carbons (Fsp3) is 0.450. The number of nitrogens with zero attached hydrogens (tertiary/aromatic N) is 4. The summed E-state index contributed by atoms with van der Waals surface area (Å²) in [6.07, 6.45) is 3.23. The Balaban J connectivity index is 1.55. The van der Waals surface area contributed by atoms with Crippen LogP contribution in [0.4, 0.5) is 4.39 Å². The van der Waals surface area contributed by atoms with Gasteiger partial charge in [0.05, 0.1) is 13.0 Å². The number of aromatic nitrogens is 3. The third kappa shape index (κ3) is 5.47. The smallest absolute Gasteiger partial charge is 0.224 e. The van der Waals surface area contributed by atoms with Gasteiger partial charge in [0.15, 0.2) is 5.82 Å². The molecule has 0 fully saturated rings. The predicted octanol–water partition coefficient (Wildman–Crippen LogP) is 2.10. The Bertz CT molecular complexity index is 826. The molecule has 6 nitrogen and oxygen atoms in total. The molecule has 7 heteroatoms. The molecule has 1 aromatic heterocycles. The molecule has 2 aromatic rings. The number of amides is 1. The number of benzene rings is 1.